The maximum absolute atomic E-state index is 12.3. The fraction of sp³-hybridized carbons (Fsp3) is 0.278. The Kier molecular flexibility index (Phi) is 5.68. The first-order valence-electron chi connectivity index (χ1n) is 8.70. The lowest BCUT2D eigenvalue weighted by Gasteiger charge is -2.11. The summed E-state index contributed by atoms with van der Waals surface area (Å²) in [5, 5.41) is 21.4. The number of amides is 1. The van der Waals surface area contributed by atoms with E-state index in [0.717, 1.165) is 18.4 Å². The van der Waals surface area contributed by atoms with Crippen LogP contribution in [0.3, 0.4) is 0 Å². The summed E-state index contributed by atoms with van der Waals surface area (Å²) in [4.78, 5) is 22.5. The number of nitrogens with zero attached hydrogens (tertiary/aromatic N) is 5. The van der Waals surface area contributed by atoms with Crippen LogP contribution in [-0.4, -0.2) is 30.4 Å². The number of carbonyl (C=O) groups is 1. The SMILES string of the molecule is CCc1ccc(OCn2cc(NC(=O)C(C)n3cc([N+](=O)[O-])cn3)cn2)cc1. The zero-order valence-electron chi connectivity index (χ0n) is 15.5. The van der Waals surface area contributed by atoms with Crippen molar-refractivity contribution in [2.75, 3.05) is 5.32 Å². The molecule has 2 heterocycles. The molecule has 1 unspecified atom stereocenters. The van der Waals surface area contributed by atoms with Gasteiger partial charge in [-0.05, 0) is 31.0 Å². The number of benzene rings is 1. The molecule has 10 nitrogen and oxygen atoms in total. The first kappa shape index (κ1) is 19.1. The van der Waals surface area contributed by atoms with E-state index in [0.29, 0.717) is 5.69 Å². The molecule has 0 saturated carbocycles. The van der Waals surface area contributed by atoms with Gasteiger partial charge in [0.2, 0.25) is 5.91 Å². The van der Waals surface area contributed by atoms with Crippen LogP contribution in [0.2, 0.25) is 0 Å². The molecule has 1 aromatic carbocycles. The van der Waals surface area contributed by atoms with Gasteiger partial charge < -0.3 is 10.1 Å². The van der Waals surface area contributed by atoms with Crippen molar-refractivity contribution >= 4 is 17.3 Å². The van der Waals surface area contributed by atoms with Gasteiger partial charge in [-0.2, -0.15) is 10.2 Å². The van der Waals surface area contributed by atoms with Gasteiger partial charge in [-0.25, -0.2) is 4.68 Å². The molecular weight excluding hydrogens is 364 g/mol. The molecule has 10 heteroatoms. The summed E-state index contributed by atoms with van der Waals surface area (Å²) in [6, 6.07) is 7.09. The summed E-state index contributed by atoms with van der Waals surface area (Å²) in [5.74, 6) is 0.362. The van der Waals surface area contributed by atoms with E-state index in [1.54, 1.807) is 17.8 Å². The maximum atomic E-state index is 12.3. The molecule has 3 aromatic rings. The summed E-state index contributed by atoms with van der Waals surface area (Å²) in [5.41, 5.74) is 1.55. The molecule has 2 aromatic heterocycles. The molecule has 0 radical (unpaired) electrons. The van der Waals surface area contributed by atoms with Crippen molar-refractivity contribution in [2.24, 2.45) is 0 Å². The molecule has 1 amide bonds. The number of ether oxygens (including phenoxy) is 1. The number of nitro groups is 1. The van der Waals surface area contributed by atoms with Crippen molar-refractivity contribution < 1.29 is 14.5 Å². The minimum atomic E-state index is -0.717. The Labute approximate surface area is 160 Å². The molecule has 146 valence electrons. The van der Waals surface area contributed by atoms with E-state index in [4.69, 9.17) is 4.74 Å². The van der Waals surface area contributed by atoms with Crippen molar-refractivity contribution in [3.63, 3.8) is 0 Å². The van der Waals surface area contributed by atoms with Gasteiger partial charge in [0.15, 0.2) is 6.73 Å². The number of carbonyl (C=O) groups excluding carboxylic acids is 1. The van der Waals surface area contributed by atoms with Crippen LogP contribution >= 0.6 is 0 Å². The molecule has 0 bridgehead atoms. The molecule has 3 rings (SSSR count). The van der Waals surface area contributed by atoms with E-state index in [1.807, 2.05) is 24.3 Å². The highest BCUT2D eigenvalue weighted by Crippen LogP contribution is 2.16. The second-order valence-corrected chi connectivity index (χ2v) is 6.14. The first-order chi connectivity index (χ1) is 13.5. The van der Waals surface area contributed by atoms with Gasteiger partial charge in [0, 0.05) is 0 Å². The molecule has 0 aliphatic rings. The zero-order valence-corrected chi connectivity index (χ0v) is 15.5. The Bertz CT molecular complexity index is 963. The first-order valence-corrected chi connectivity index (χ1v) is 8.70. The molecule has 28 heavy (non-hydrogen) atoms. The van der Waals surface area contributed by atoms with E-state index < -0.39 is 11.0 Å². The molecule has 0 aliphatic heterocycles. The molecule has 1 atom stereocenters. The van der Waals surface area contributed by atoms with E-state index in [9.17, 15) is 14.9 Å². The Morgan fingerprint density at radius 1 is 1.25 bits per heavy atom. The molecule has 0 saturated heterocycles. The fourth-order valence-electron chi connectivity index (χ4n) is 2.46. The maximum Gasteiger partial charge on any atom is 0.307 e. The van der Waals surface area contributed by atoms with Crippen molar-refractivity contribution in [1.29, 1.82) is 0 Å². The fourth-order valence-corrected chi connectivity index (χ4v) is 2.46. The lowest BCUT2D eigenvalue weighted by atomic mass is 10.2. The minimum absolute atomic E-state index is 0.170. The van der Waals surface area contributed by atoms with Gasteiger partial charge in [-0.3, -0.25) is 19.6 Å². The number of nitrogens with one attached hydrogen (secondary N) is 1. The average Bonchev–Trinajstić information content (AvgIpc) is 3.36. The lowest BCUT2D eigenvalue weighted by Crippen LogP contribution is -2.23. The Hall–Kier alpha value is -3.69. The average molecular weight is 384 g/mol. The quantitative estimate of drug-likeness (QED) is 0.471. The van der Waals surface area contributed by atoms with E-state index >= 15 is 0 Å². The normalized spacial score (nSPS) is 11.8. The third-order valence-corrected chi connectivity index (χ3v) is 4.17. The highest BCUT2D eigenvalue weighted by Gasteiger charge is 2.19. The zero-order chi connectivity index (χ0) is 20.1. The third-order valence-electron chi connectivity index (χ3n) is 4.17. The van der Waals surface area contributed by atoms with Crippen LogP contribution in [0.1, 0.15) is 25.5 Å². The third kappa shape index (κ3) is 4.53. The summed E-state index contributed by atoms with van der Waals surface area (Å²) < 4.78 is 8.45. The Balaban J connectivity index is 1.55. The second kappa shape index (κ2) is 8.33. The van der Waals surface area contributed by atoms with Crippen molar-refractivity contribution in [1.82, 2.24) is 19.6 Å². The Morgan fingerprint density at radius 3 is 2.64 bits per heavy atom. The highest BCUT2D eigenvalue weighted by atomic mass is 16.6. The number of rotatable bonds is 8. The van der Waals surface area contributed by atoms with Crippen LogP contribution in [-0.2, 0) is 17.9 Å². The van der Waals surface area contributed by atoms with Gasteiger partial charge >= 0.3 is 5.69 Å². The molecule has 0 spiro atoms. The summed E-state index contributed by atoms with van der Waals surface area (Å²) in [7, 11) is 0. The Morgan fingerprint density at radius 2 is 2.00 bits per heavy atom. The molecule has 0 fully saturated rings. The smallest absolute Gasteiger partial charge is 0.307 e. The number of anilines is 1. The largest absolute Gasteiger partial charge is 0.471 e. The minimum Gasteiger partial charge on any atom is -0.471 e. The van der Waals surface area contributed by atoms with Crippen molar-refractivity contribution in [2.45, 2.75) is 33.0 Å². The highest BCUT2D eigenvalue weighted by molar-refractivity contribution is 5.93. The molecule has 0 aliphatic carbocycles. The van der Waals surface area contributed by atoms with Crippen molar-refractivity contribution in [3.8, 4) is 5.75 Å². The van der Waals surface area contributed by atoms with Crippen LogP contribution in [0.15, 0.2) is 49.1 Å². The van der Waals surface area contributed by atoms with Crippen LogP contribution in [0, 0.1) is 10.1 Å². The van der Waals surface area contributed by atoms with E-state index in [1.165, 1.54) is 22.6 Å². The van der Waals surface area contributed by atoms with Crippen LogP contribution < -0.4 is 10.1 Å². The second-order valence-electron chi connectivity index (χ2n) is 6.14. The van der Waals surface area contributed by atoms with Crippen LogP contribution in [0.5, 0.6) is 5.75 Å². The van der Waals surface area contributed by atoms with Crippen LogP contribution in [0.25, 0.3) is 0 Å². The predicted octanol–water partition coefficient (Wildman–Crippen LogP) is 2.79. The van der Waals surface area contributed by atoms with E-state index in [-0.39, 0.29) is 18.3 Å². The molecule has 1 N–H and O–H groups in total. The van der Waals surface area contributed by atoms with Gasteiger partial charge in [0.25, 0.3) is 0 Å². The van der Waals surface area contributed by atoms with Gasteiger partial charge in [-0.15, -0.1) is 0 Å². The number of aryl methyl sites for hydroxylation is 1. The van der Waals surface area contributed by atoms with E-state index in [2.05, 4.69) is 22.4 Å². The van der Waals surface area contributed by atoms with Gasteiger partial charge in [0.05, 0.1) is 23.0 Å². The summed E-state index contributed by atoms with van der Waals surface area (Å²) in [6.45, 7) is 3.88. The monoisotopic (exact) mass is 384 g/mol. The standard InChI is InChI=1S/C18H20N6O4/c1-3-14-4-6-17(7-5-14)28-12-22-10-15(8-19-22)21-18(25)13(2)23-11-16(9-20-23)24(26)27/h4-11,13H,3,12H2,1-2H3,(H,21,25). The lowest BCUT2D eigenvalue weighted by molar-refractivity contribution is -0.385. The number of aromatic nitrogens is 4. The number of hydrogen-bond donors (Lipinski definition) is 1. The van der Waals surface area contributed by atoms with Gasteiger partial charge in [-0.1, -0.05) is 19.1 Å². The summed E-state index contributed by atoms with van der Waals surface area (Å²) in [6.07, 6.45) is 6.42. The van der Waals surface area contributed by atoms with Gasteiger partial charge in [0.1, 0.15) is 24.2 Å². The molecular formula is C18H20N6O4. The predicted molar refractivity (Wildman–Crippen MR) is 101 cm³/mol. The summed E-state index contributed by atoms with van der Waals surface area (Å²) >= 11 is 0. The van der Waals surface area contributed by atoms with Crippen molar-refractivity contribution in [3.05, 3.63) is 64.7 Å². The number of hydrogen-bond acceptors (Lipinski definition) is 6. The van der Waals surface area contributed by atoms with Crippen LogP contribution in [0.4, 0.5) is 11.4 Å². The topological polar surface area (TPSA) is 117 Å².